The number of hydrogen-bond acceptors (Lipinski definition) is 4. The number of guanidine groups is 1. The maximum absolute atomic E-state index is 11.4. The van der Waals surface area contributed by atoms with Crippen molar-refractivity contribution in [3.8, 4) is 0 Å². The zero-order chi connectivity index (χ0) is 14.0. The summed E-state index contributed by atoms with van der Waals surface area (Å²) >= 11 is 1.48. The van der Waals surface area contributed by atoms with Crippen LogP contribution < -0.4 is 11.1 Å². The second kappa shape index (κ2) is 5.52. The van der Waals surface area contributed by atoms with Crippen LogP contribution in [0.1, 0.15) is 25.7 Å². The number of carbonyl (C=O) groups excluding carboxylic acids is 1. The molecule has 104 valence electrons. The molecule has 2 aliphatic rings. The summed E-state index contributed by atoms with van der Waals surface area (Å²) in [5.41, 5.74) is 5.31. The van der Waals surface area contributed by atoms with Crippen LogP contribution in [0, 0.1) is 5.41 Å². The first-order valence-corrected chi connectivity index (χ1v) is 6.91. The van der Waals surface area contributed by atoms with Crippen LogP contribution in [0.4, 0.5) is 0 Å². The van der Waals surface area contributed by atoms with E-state index in [2.05, 4.69) is 5.32 Å². The summed E-state index contributed by atoms with van der Waals surface area (Å²) in [6, 6.07) is 0. The fraction of sp³-hybridized carbons (Fsp3) is 0.545. The standard InChI is InChI=1S/C11H16N4O3S/c12-11(13)14-4-2-1-3-6-9(10(17)18)15-7(16)5-8(15)19-6/h8H,1-5H2,(H,17,18)(H4,12,13,14)/t8-/m0/s1. The van der Waals surface area contributed by atoms with Crippen molar-refractivity contribution in [3.05, 3.63) is 10.6 Å². The molecule has 1 saturated heterocycles. The molecule has 2 heterocycles. The molecular formula is C11H16N4O3S. The minimum absolute atomic E-state index is 0.0102. The van der Waals surface area contributed by atoms with Gasteiger partial charge in [0.1, 0.15) is 5.70 Å². The highest BCUT2D eigenvalue weighted by Gasteiger charge is 2.47. The van der Waals surface area contributed by atoms with E-state index >= 15 is 0 Å². The molecule has 2 rings (SSSR count). The van der Waals surface area contributed by atoms with E-state index < -0.39 is 5.97 Å². The third-order valence-electron chi connectivity index (χ3n) is 3.04. The van der Waals surface area contributed by atoms with Gasteiger partial charge in [-0.15, -0.1) is 11.8 Å². The van der Waals surface area contributed by atoms with Crippen molar-refractivity contribution in [1.82, 2.24) is 10.2 Å². The molecule has 19 heavy (non-hydrogen) atoms. The third-order valence-corrected chi connectivity index (χ3v) is 4.37. The number of nitrogens with two attached hydrogens (primary N) is 1. The van der Waals surface area contributed by atoms with Crippen molar-refractivity contribution < 1.29 is 14.7 Å². The molecular weight excluding hydrogens is 268 g/mol. The lowest BCUT2D eigenvalue weighted by Crippen LogP contribution is -2.48. The SMILES string of the molecule is N=C(N)NCCCCC1=C(C(=O)O)N2C(=O)C[C@@H]2S1. The van der Waals surface area contributed by atoms with Crippen LogP contribution in [0.25, 0.3) is 0 Å². The topological polar surface area (TPSA) is 120 Å². The molecule has 1 amide bonds. The Bertz CT molecular complexity index is 463. The summed E-state index contributed by atoms with van der Waals surface area (Å²) in [6.07, 6.45) is 2.67. The fourth-order valence-electron chi connectivity index (χ4n) is 2.14. The summed E-state index contributed by atoms with van der Waals surface area (Å²) in [5, 5.41) is 18.9. The van der Waals surface area contributed by atoms with Gasteiger partial charge in [-0.2, -0.15) is 0 Å². The molecule has 0 spiro atoms. The Balaban J connectivity index is 1.87. The lowest BCUT2D eigenvalue weighted by Gasteiger charge is -2.33. The lowest BCUT2D eigenvalue weighted by molar-refractivity contribution is -0.145. The van der Waals surface area contributed by atoms with Gasteiger partial charge in [-0.25, -0.2) is 4.79 Å². The summed E-state index contributed by atoms with van der Waals surface area (Å²) in [5.74, 6) is -1.20. The number of aliphatic carboxylic acids is 1. The van der Waals surface area contributed by atoms with Crippen molar-refractivity contribution >= 4 is 29.6 Å². The van der Waals surface area contributed by atoms with Crippen LogP contribution in [-0.4, -0.2) is 39.8 Å². The van der Waals surface area contributed by atoms with Gasteiger partial charge in [0, 0.05) is 11.4 Å². The van der Waals surface area contributed by atoms with Gasteiger partial charge in [-0.05, 0) is 19.3 Å². The Morgan fingerprint density at radius 3 is 2.89 bits per heavy atom. The number of allylic oxidation sites excluding steroid dienone is 1. The Labute approximate surface area is 114 Å². The molecule has 0 aromatic rings. The number of nitrogens with zero attached hydrogens (tertiary/aromatic N) is 1. The van der Waals surface area contributed by atoms with Gasteiger partial charge in [-0.3, -0.25) is 15.1 Å². The Kier molecular flexibility index (Phi) is 3.98. The number of rotatable bonds is 6. The Morgan fingerprint density at radius 1 is 1.58 bits per heavy atom. The minimum Gasteiger partial charge on any atom is -0.477 e. The smallest absolute Gasteiger partial charge is 0.353 e. The predicted octanol–water partition coefficient (Wildman–Crippen LogP) is 0.241. The molecule has 0 saturated carbocycles. The van der Waals surface area contributed by atoms with Gasteiger partial charge in [0.15, 0.2) is 5.96 Å². The number of hydrogen-bond donors (Lipinski definition) is 4. The Hall–Kier alpha value is -1.70. The first-order valence-electron chi connectivity index (χ1n) is 6.03. The average molecular weight is 284 g/mol. The molecule has 0 unspecified atom stereocenters. The van der Waals surface area contributed by atoms with Crippen LogP contribution >= 0.6 is 11.8 Å². The van der Waals surface area contributed by atoms with Gasteiger partial charge in [0.2, 0.25) is 5.91 Å². The first kappa shape index (κ1) is 13.7. The van der Waals surface area contributed by atoms with Crippen molar-refractivity contribution in [1.29, 1.82) is 5.41 Å². The maximum atomic E-state index is 11.4. The molecule has 7 nitrogen and oxygen atoms in total. The van der Waals surface area contributed by atoms with E-state index in [-0.39, 0.29) is 22.9 Å². The summed E-state index contributed by atoms with van der Waals surface area (Å²) in [7, 11) is 0. The van der Waals surface area contributed by atoms with Gasteiger partial charge in [0.25, 0.3) is 0 Å². The number of carbonyl (C=O) groups is 2. The van der Waals surface area contributed by atoms with E-state index in [1.54, 1.807) is 0 Å². The number of nitrogens with one attached hydrogen (secondary N) is 2. The van der Waals surface area contributed by atoms with Crippen molar-refractivity contribution in [3.63, 3.8) is 0 Å². The quantitative estimate of drug-likeness (QED) is 0.240. The molecule has 0 aromatic carbocycles. The molecule has 0 aromatic heterocycles. The number of carboxylic acid groups (broad SMARTS) is 1. The van der Waals surface area contributed by atoms with Crippen LogP contribution in [0.15, 0.2) is 10.6 Å². The summed E-state index contributed by atoms with van der Waals surface area (Å²) in [4.78, 5) is 24.8. The van der Waals surface area contributed by atoms with Gasteiger partial charge < -0.3 is 16.2 Å². The zero-order valence-corrected chi connectivity index (χ0v) is 11.1. The lowest BCUT2D eigenvalue weighted by atomic mass is 10.1. The third kappa shape index (κ3) is 2.83. The van der Waals surface area contributed by atoms with E-state index in [4.69, 9.17) is 11.1 Å². The largest absolute Gasteiger partial charge is 0.477 e. The highest BCUT2D eigenvalue weighted by Crippen LogP contribution is 2.47. The monoisotopic (exact) mass is 284 g/mol. The highest BCUT2D eigenvalue weighted by atomic mass is 32.2. The van der Waals surface area contributed by atoms with Gasteiger partial charge in [0.05, 0.1) is 11.8 Å². The Morgan fingerprint density at radius 2 is 2.32 bits per heavy atom. The predicted molar refractivity (Wildman–Crippen MR) is 71.3 cm³/mol. The van der Waals surface area contributed by atoms with Crippen molar-refractivity contribution in [2.45, 2.75) is 31.1 Å². The van der Waals surface area contributed by atoms with E-state index in [0.29, 0.717) is 19.4 Å². The highest BCUT2D eigenvalue weighted by molar-refractivity contribution is 8.04. The van der Waals surface area contributed by atoms with E-state index in [0.717, 1.165) is 17.7 Å². The minimum atomic E-state index is -1.03. The maximum Gasteiger partial charge on any atom is 0.353 e. The number of carboxylic acids is 1. The van der Waals surface area contributed by atoms with Crippen molar-refractivity contribution in [2.75, 3.05) is 6.54 Å². The van der Waals surface area contributed by atoms with Crippen LogP contribution in [0.5, 0.6) is 0 Å². The van der Waals surface area contributed by atoms with E-state index in [1.807, 2.05) is 0 Å². The number of β-lactam (4-membered cyclic amide) rings is 1. The number of thioether (sulfide) groups is 1. The van der Waals surface area contributed by atoms with Gasteiger partial charge in [-0.1, -0.05) is 0 Å². The van der Waals surface area contributed by atoms with E-state index in [1.165, 1.54) is 16.7 Å². The molecule has 1 fully saturated rings. The van der Waals surface area contributed by atoms with Crippen LogP contribution in [-0.2, 0) is 9.59 Å². The molecule has 2 aliphatic heterocycles. The summed E-state index contributed by atoms with van der Waals surface area (Å²) < 4.78 is 0. The van der Waals surface area contributed by atoms with Crippen LogP contribution in [0.2, 0.25) is 0 Å². The average Bonchev–Trinajstić information content (AvgIpc) is 2.61. The zero-order valence-electron chi connectivity index (χ0n) is 10.3. The molecule has 0 bridgehead atoms. The normalized spacial score (nSPS) is 21.2. The van der Waals surface area contributed by atoms with Crippen LogP contribution in [0.3, 0.4) is 0 Å². The second-order valence-corrected chi connectivity index (χ2v) is 5.69. The second-order valence-electron chi connectivity index (χ2n) is 4.41. The molecule has 1 atom stereocenters. The number of fused-ring (bicyclic) bond motifs is 1. The first-order chi connectivity index (χ1) is 9.00. The molecule has 0 aliphatic carbocycles. The molecule has 8 heteroatoms. The molecule has 0 radical (unpaired) electrons. The van der Waals surface area contributed by atoms with Crippen molar-refractivity contribution in [2.24, 2.45) is 5.73 Å². The van der Waals surface area contributed by atoms with Gasteiger partial charge >= 0.3 is 5.97 Å². The summed E-state index contributed by atoms with van der Waals surface area (Å²) in [6.45, 7) is 0.599. The fourth-order valence-corrected chi connectivity index (χ4v) is 3.58. The van der Waals surface area contributed by atoms with E-state index in [9.17, 15) is 14.7 Å². The molecule has 5 N–H and O–H groups in total. The number of unbranched alkanes of at least 4 members (excludes halogenated alkanes) is 1. The number of amides is 1.